The molecule has 3 amide bonds. The van der Waals surface area contributed by atoms with Gasteiger partial charge in [0.2, 0.25) is 0 Å². The third kappa shape index (κ3) is 4.46. The Morgan fingerprint density at radius 1 is 0.917 bits per heavy atom. The number of rotatable bonds is 8. The predicted octanol–water partition coefficient (Wildman–Crippen LogP) is 3.06. The molecule has 1 aliphatic rings. The van der Waals surface area contributed by atoms with Crippen molar-refractivity contribution in [3.63, 3.8) is 0 Å². The molecule has 3 aromatic carbocycles. The van der Waals surface area contributed by atoms with Gasteiger partial charge in [-0.2, -0.15) is 5.10 Å². The van der Waals surface area contributed by atoms with Crippen LogP contribution >= 0.6 is 0 Å². The smallest absolute Gasteiger partial charge is 0.261 e. The minimum absolute atomic E-state index is 0.0529. The van der Waals surface area contributed by atoms with Gasteiger partial charge in [-0.1, -0.05) is 42.5 Å². The summed E-state index contributed by atoms with van der Waals surface area (Å²) in [5, 5.41) is 7.09. The van der Waals surface area contributed by atoms with E-state index in [1.807, 2.05) is 24.3 Å². The Balaban J connectivity index is 1.32. The minimum Gasteiger partial charge on any atom is -0.496 e. The molecule has 0 atom stereocenters. The maximum Gasteiger partial charge on any atom is 0.261 e. The fraction of sp³-hybridized carbons (Fsp3) is 0.148. The van der Waals surface area contributed by atoms with E-state index in [-0.39, 0.29) is 24.3 Å². The van der Waals surface area contributed by atoms with E-state index in [0.717, 1.165) is 11.1 Å². The van der Waals surface area contributed by atoms with E-state index in [1.165, 1.54) is 18.3 Å². The van der Waals surface area contributed by atoms with Crippen LogP contribution < -0.4 is 10.1 Å². The topological polar surface area (TPSA) is 106 Å². The Morgan fingerprint density at radius 2 is 1.61 bits per heavy atom. The van der Waals surface area contributed by atoms with Crippen molar-refractivity contribution in [2.45, 2.75) is 19.6 Å². The first-order valence-corrected chi connectivity index (χ1v) is 11.3. The number of fused-ring (bicyclic) bond motifs is 1. The number of nitrogens with one attached hydrogen (secondary N) is 1. The maximum atomic E-state index is 13.2. The van der Waals surface area contributed by atoms with Crippen LogP contribution in [0.1, 0.15) is 47.8 Å². The monoisotopic (exact) mass is 481 g/mol. The second kappa shape index (κ2) is 9.83. The number of benzene rings is 3. The first-order valence-electron chi connectivity index (χ1n) is 11.3. The summed E-state index contributed by atoms with van der Waals surface area (Å²) in [6.07, 6.45) is 3.12. The third-order valence-corrected chi connectivity index (χ3v) is 6.08. The van der Waals surface area contributed by atoms with Gasteiger partial charge in [-0.3, -0.25) is 19.3 Å². The van der Waals surface area contributed by atoms with Gasteiger partial charge in [-0.15, -0.1) is 0 Å². The van der Waals surface area contributed by atoms with Crippen LogP contribution in [0.3, 0.4) is 0 Å². The summed E-state index contributed by atoms with van der Waals surface area (Å²) in [6.45, 7) is 0.887. The fourth-order valence-corrected chi connectivity index (χ4v) is 4.24. The molecule has 0 fully saturated rings. The summed E-state index contributed by atoms with van der Waals surface area (Å²) in [5.41, 5.74) is 3.69. The van der Waals surface area contributed by atoms with E-state index in [2.05, 4.69) is 15.4 Å². The van der Waals surface area contributed by atoms with Gasteiger partial charge in [-0.05, 0) is 41.0 Å². The summed E-state index contributed by atoms with van der Waals surface area (Å²) >= 11 is 0. The first-order chi connectivity index (χ1) is 17.5. The highest BCUT2D eigenvalue weighted by Crippen LogP contribution is 2.26. The van der Waals surface area contributed by atoms with Crippen molar-refractivity contribution in [2.75, 3.05) is 7.11 Å². The Labute approximate surface area is 207 Å². The number of ether oxygens (including phenoxy) is 1. The number of carbonyl (C=O) groups is 3. The van der Waals surface area contributed by atoms with Crippen molar-refractivity contribution < 1.29 is 19.1 Å². The molecule has 0 unspecified atom stereocenters. The van der Waals surface area contributed by atoms with Crippen molar-refractivity contribution in [1.29, 1.82) is 0 Å². The highest BCUT2D eigenvalue weighted by Gasteiger charge is 2.35. The lowest BCUT2D eigenvalue weighted by Crippen LogP contribution is -2.29. The lowest BCUT2D eigenvalue weighted by atomic mass is 10.1. The Bertz CT molecular complexity index is 1410. The van der Waals surface area contributed by atoms with Gasteiger partial charge in [0.05, 0.1) is 36.9 Å². The Hall–Kier alpha value is -4.79. The van der Waals surface area contributed by atoms with Gasteiger partial charge < -0.3 is 10.1 Å². The molecular weight excluding hydrogens is 458 g/mol. The highest BCUT2D eigenvalue weighted by molar-refractivity contribution is 6.21. The van der Waals surface area contributed by atoms with Crippen molar-refractivity contribution in [3.05, 3.63) is 113 Å². The molecule has 0 saturated carbocycles. The number of methoxy groups -OCH3 is 1. The molecule has 5 rings (SSSR count). The molecular formula is C27H23N5O4. The number of hydrogen-bond acceptors (Lipinski definition) is 6. The van der Waals surface area contributed by atoms with Crippen LogP contribution in [0.2, 0.25) is 0 Å². The fourth-order valence-electron chi connectivity index (χ4n) is 4.24. The van der Waals surface area contributed by atoms with Gasteiger partial charge >= 0.3 is 0 Å². The van der Waals surface area contributed by atoms with Gasteiger partial charge in [0.1, 0.15) is 18.4 Å². The normalized spacial score (nSPS) is 12.5. The van der Waals surface area contributed by atoms with Gasteiger partial charge in [0.15, 0.2) is 0 Å². The lowest BCUT2D eigenvalue weighted by molar-refractivity contribution is 0.0642. The Morgan fingerprint density at radius 3 is 2.28 bits per heavy atom. The highest BCUT2D eigenvalue weighted by atomic mass is 16.5. The average molecular weight is 482 g/mol. The van der Waals surface area contributed by atoms with E-state index >= 15 is 0 Å². The maximum absolute atomic E-state index is 13.2. The van der Waals surface area contributed by atoms with Crippen LogP contribution in [0.15, 0.2) is 79.4 Å². The van der Waals surface area contributed by atoms with E-state index in [4.69, 9.17) is 4.74 Å². The molecule has 180 valence electrons. The first kappa shape index (κ1) is 23.0. The van der Waals surface area contributed by atoms with Gasteiger partial charge in [0, 0.05) is 6.54 Å². The number of hydrogen-bond donors (Lipinski definition) is 1. The number of aromatic nitrogens is 3. The average Bonchev–Trinajstić information content (AvgIpc) is 3.51. The molecule has 2 heterocycles. The van der Waals surface area contributed by atoms with Crippen LogP contribution in [0.25, 0.3) is 0 Å². The zero-order valence-corrected chi connectivity index (χ0v) is 19.5. The van der Waals surface area contributed by atoms with Crippen LogP contribution in [0.4, 0.5) is 0 Å². The van der Waals surface area contributed by atoms with E-state index in [1.54, 1.807) is 53.5 Å². The quantitative estimate of drug-likeness (QED) is 0.388. The van der Waals surface area contributed by atoms with E-state index in [0.29, 0.717) is 41.1 Å². The zero-order valence-electron chi connectivity index (χ0n) is 19.5. The van der Waals surface area contributed by atoms with Gasteiger partial charge in [-0.25, -0.2) is 9.67 Å². The predicted molar refractivity (Wildman–Crippen MR) is 130 cm³/mol. The molecule has 4 aromatic rings. The summed E-state index contributed by atoms with van der Waals surface area (Å²) < 4.78 is 7.12. The third-order valence-electron chi connectivity index (χ3n) is 6.08. The van der Waals surface area contributed by atoms with Gasteiger partial charge in [0.25, 0.3) is 17.7 Å². The minimum atomic E-state index is -0.346. The summed E-state index contributed by atoms with van der Waals surface area (Å²) in [6, 6.07) is 19.6. The van der Waals surface area contributed by atoms with Crippen LogP contribution in [-0.4, -0.2) is 44.5 Å². The largest absolute Gasteiger partial charge is 0.496 e. The molecule has 1 aliphatic heterocycles. The zero-order chi connectivity index (χ0) is 25.1. The molecule has 0 saturated heterocycles. The molecule has 0 radical (unpaired) electrons. The molecule has 1 aromatic heterocycles. The molecule has 9 heteroatoms. The number of amides is 3. The van der Waals surface area contributed by atoms with E-state index < -0.39 is 0 Å². The molecule has 0 spiro atoms. The summed E-state index contributed by atoms with van der Waals surface area (Å²) in [7, 11) is 1.49. The molecule has 0 aliphatic carbocycles. The van der Waals surface area contributed by atoms with Crippen LogP contribution in [0, 0.1) is 0 Å². The number of carbonyl (C=O) groups excluding carboxylic acids is 3. The van der Waals surface area contributed by atoms with Crippen LogP contribution in [-0.2, 0) is 19.6 Å². The number of imide groups is 1. The second-order valence-electron chi connectivity index (χ2n) is 8.32. The van der Waals surface area contributed by atoms with Crippen molar-refractivity contribution in [1.82, 2.24) is 25.0 Å². The second-order valence-corrected chi connectivity index (χ2v) is 8.32. The van der Waals surface area contributed by atoms with Crippen molar-refractivity contribution in [3.8, 4) is 5.75 Å². The summed E-state index contributed by atoms with van der Waals surface area (Å²) in [5.74, 6) is -0.621. The lowest BCUT2D eigenvalue weighted by Gasteiger charge is -2.16. The van der Waals surface area contributed by atoms with Crippen molar-refractivity contribution in [2.24, 2.45) is 0 Å². The standard InChI is InChI=1S/C27H23N5O4/c1-36-24-11-10-18(14-32-26(34)21-8-4-5-9-22(21)27(32)35)12-23(24)25(33)29-13-19-6-2-3-7-20(19)15-31-17-28-16-30-31/h2-12,16-17H,13-15H2,1H3,(H,29,33). The van der Waals surface area contributed by atoms with Crippen LogP contribution in [0.5, 0.6) is 5.75 Å². The molecule has 36 heavy (non-hydrogen) atoms. The van der Waals surface area contributed by atoms with Crippen molar-refractivity contribution >= 4 is 17.7 Å². The Kier molecular flexibility index (Phi) is 6.27. The van der Waals surface area contributed by atoms with E-state index in [9.17, 15) is 14.4 Å². The number of nitrogens with zero attached hydrogens (tertiary/aromatic N) is 4. The molecule has 9 nitrogen and oxygen atoms in total. The summed E-state index contributed by atoms with van der Waals surface area (Å²) in [4.78, 5) is 43.8. The molecule has 0 bridgehead atoms. The molecule has 1 N–H and O–H groups in total. The SMILES string of the molecule is COc1ccc(CN2C(=O)c3ccccc3C2=O)cc1C(=O)NCc1ccccc1Cn1cncn1.